The number of hydrogen-bond acceptors (Lipinski definition) is 4. The molecule has 0 radical (unpaired) electrons. The van der Waals surface area contributed by atoms with E-state index in [1.807, 2.05) is 6.07 Å². The second-order valence-corrected chi connectivity index (χ2v) is 6.86. The van der Waals surface area contributed by atoms with Crippen LogP contribution >= 0.6 is 0 Å². The van der Waals surface area contributed by atoms with E-state index in [2.05, 4.69) is 17.4 Å². The third kappa shape index (κ3) is 4.61. The highest BCUT2D eigenvalue weighted by Gasteiger charge is 2.20. The van der Waals surface area contributed by atoms with Crippen molar-refractivity contribution in [2.75, 3.05) is 5.32 Å². The van der Waals surface area contributed by atoms with Crippen LogP contribution < -0.4 is 5.32 Å². The first kappa shape index (κ1) is 18.8. The van der Waals surface area contributed by atoms with Gasteiger partial charge in [0.15, 0.2) is 11.9 Å². The summed E-state index contributed by atoms with van der Waals surface area (Å²) in [7, 11) is 0. The molecular formula is C22H23NO4. The number of ether oxygens (including phenoxy) is 1. The Labute approximate surface area is 158 Å². The van der Waals surface area contributed by atoms with E-state index in [0.29, 0.717) is 11.3 Å². The van der Waals surface area contributed by atoms with Gasteiger partial charge in [-0.05, 0) is 61.9 Å². The maximum Gasteiger partial charge on any atom is 0.311 e. The quantitative estimate of drug-likeness (QED) is 0.628. The molecule has 1 amide bonds. The summed E-state index contributed by atoms with van der Waals surface area (Å²) in [5.74, 6) is -1.06. The van der Waals surface area contributed by atoms with Crippen molar-refractivity contribution in [3.05, 3.63) is 64.7 Å². The van der Waals surface area contributed by atoms with Gasteiger partial charge < -0.3 is 10.1 Å². The van der Waals surface area contributed by atoms with Crippen LogP contribution in [0.2, 0.25) is 0 Å². The molecule has 0 aromatic heterocycles. The number of benzene rings is 2. The molecule has 2 aromatic rings. The van der Waals surface area contributed by atoms with Gasteiger partial charge in [0.1, 0.15) is 0 Å². The summed E-state index contributed by atoms with van der Waals surface area (Å²) in [5.41, 5.74) is 4.38. The number of anilines is 1. The molecule has 0 heterocycles. The van der Waals surface area contributed by atoms with Crippen molar-refractivity contribution >= 4 is 23.3 Å². The van der Waals surface area contributed by atoms with Gasteiger partial charge in [0.05, 0.1) is 12.1 Å². The van der Waals surface area contributed by atoms with Crippen LogP contribution in [-0.2, 0) is 33.6 Å². The lowest BCUT2D eigenvalue weighted by atomic mass is 10.0. The summed E-state index contributed by atoms with van der Waals surface area (Å²) in [6.45, 7) is 2.96. The summed E-state index contributed by atoms with van der Waals surface area (Å²) in [6, 6.07) is 12.8. The summed E-state index contributed by atoms with van der Waals surface area (Å²) in [6.07, 6.45) is 2.48. The van der Waals surface area contributed by atoms with Gasteiger partial charge in [-0.3, -0.25) is 14.4 Å². The van der Waals surface area contributed by atoms with Crippen LogP contribution in [0.25, 0.3) is 0 Å². The maximum atomic E-state index is 12.3. The molecule has 1 N–H and O–H groups in total. The Morgan fingerprint density at radius 3 is 2.59 bits per heavy atom. The highest BCUT2D eigenvalue weighted by Crippen LogP contribution is 2.23. The Bertz CT molecular complexity index is 888. The molecule has 0 aliphatic heterocycles. The molecule has 1 atom stereocenters. The number of amides is 1. The van der Waals surface area contributed by atoms with E-state index in [1.165, 1.54) is 25.0 Å². The van der Waals surface area contributed by atoms with Gasteiger partial charge in [0, 0.05) is 5.56 Å². The predicted molar refractivity (Wildman–Crippen MR) is 103 cm³/mol. The van der Waals surface area contributed by atoms with Crippen LogP contribution in [0.1, 0.15) is 47.3 Å². The number of para-hydroxylation sites is 1. The first-order valence-corrected chi connectivity index (χ1v) is 9.15. The van der Waals surface area contributed by atoms with Crippen molar-refractivity contribution in [3.8, 4) is 0 Å². The monoisotopic (exact) mass is 365 g/mol. The standard InChI is InChI=1S/C22H23NO4/c1-14(24)19-8-3-4-9-20(19)23-22(26)15(2)27-21(25)13-16-10-11-17-6-5-7-18(17)12-16/h3-4,8-12,15H,5-7,13H2,1-2H3,(H,23,26)/t15-/m1/s1. The van der Waals surface area contributed by atoms with Crippen molar-refractivity contribution in [3.63, 3.8) is 0 Å². The van der Waals surface area contributed by atoms with E-state index in [0.717, 1.165) is 24.8 Å². The molecule has 1 aliphatic carbocycles. The van der Waals surface area contributed by atoms with Gasteiger partial charge in [-0.15, -0.1) is 0 Å². The van der Waals surface area contributed by atoms with E-state index in [9.17, 15) is 14.4 Å². The van der Waals surface area contributed by atoms with E-state index in [4.69, 9.17) is 4.74 Å². The molecule has 0 unspecified atom stereocenters. The Morgan fingerprint density at radius 1 is 1.07 bits per heavy atom. The first-order valence-electron chi connectivity index (χ1n) is 9.15. The van der Waals surface area contributed by atoms with E-state index in [-0.39, 0.29) is 12.2 Å². The number of rotatable bonds is 6. The van der Waals surface area contributed by atoms with Gasteiger partial charge in [-0.1, -0.05) is 30.3 Å². The lowest BCUT2D eigenvalue weighted by Gasteiger charge is -2.15. The smallest absolute Gasteiger partial charge is 0.311 e. The number of carbonyl (C=O) groups is 3. The number of Topliss-reactive ketones (excluding diaryl/α,β-unsaturated/α-hetero) is 1. The van der Waals surface area contributed by atoms with Gasteiger partial charge in [0.2, 0.25) is 0 Å². The minimum Gasteiger partial charge on any atom is -0.452 e. The van der Waals surface area contributed by atoms with Crippen LogP contribution in [0.4, 0.5) is 5.69 Å². The van der Waals surface area contributed by atoms with Crippen molar-refractivity contribution in [2.45, 2.75) is 45.6 Å². The van der Waals surface area contributed by atoms with Gasteiger partial charge >= 0.3 is 5.97 Å². The van der Waals surface area contributed by atoms with Crippen LogP contribution in [0.15, 0.2) is 42.5 Å². The van der Waals surface area contributed by atoms with Crippen LogP contribution in [0, 0.1) is 0 Å². The molecule has 27 heavy (non-hydrogen) atoms. The van der Waals surface area contributed by atoms with Crippen molar-refractivity contribution in [1.29, 1.82) is 0 Å². The van der Waals surface area contributed by atoms with Gasteiger partial charge in [-0.25, -0.2) is 0 Å². The van der Waals surface area contributed by atoms with Gasteiger partial charge in [-0.2, -0.15) is 0 Å². The zero-order valence-corrected chi connectivity index (χ0v) is 15.6. The average molecular weight is 365 g/mol. The van der Waals surface area contributed by atoms with Crippen molar-refractivity contribution in [1.82, 2.24) is 0 Å². The minimum absolute atomic E-state index is 0.134. The third-order valence-corrected chi connectivity index (χ3v) is 4.75. The fourth-order valence-electron chi connectivity index (χ4n) is 3.33. The fourth-order valence-corrected chi connectivity index (χ4v) is 3.33. The van der Waals surface area contributed by atoms with Crippen LogP contribution in [-0.4, -0.2) is 23.8 Å². The average Bonchev–Trinajstić information content (AvgIpc) is 3.09. The van der Waals surface area contributed by atoms with Crippen LogP contribution in [0.3, 0.4) is 0 Å². The second-order valence-electron chi connectivity index (χ2n) is 6.86. The Morgan fingerprint density at radius 2 is 1.81 bits per heavy atom. The Hall–Kier alpha value is -2.95. The van der Waals surface area contributed by atoms with E-state index >= 15 is 0 Å². The summed E-state index contributed by atoms with van der Waals surface area (Å²) < 4.78 is 5.27. The molecule has 0 spiro atoms. The lowest BCUT2D eigenvalue weighted by molar-refractivity contribution is -0.152. The zero-order chi connectivity index (χ0) is 19.4. The number of carbonyl (C=O) groups excluding carboxylic acids is 3. The second kappa shape index (κ2) is 8.16. The lowest BCUT2D eigenvalue weighted by Crippen LogP contribution is -2.31. The number of fused-ring (bicyclic) bond motifs is 1. The number of aryl methyl sites for hydroxylation is 2. The molecule has 0 saturated carbocycles. The number of hydrogen-bond donors (Lipinski definition) is 1. The zero-order valence-electron chi connectivity index (χ0n) is 15.6. The number of nitrogens with one attached hydrogen (secondary N) is 1. The van der Waals surface area contributed by atoms with Crippen LogP contribution in [0.5, 0.6) is 0 Å². The molecule has 3 rings (SSSR count). The summed E-state index contributed by atoms with van der Waals surface area (Å²) >= 11 is 0. The largest absolute Gasteiger partial charge is 0.452 e. The summed E-state index contributed by atoms with van der Waals surface area (Å²) in [5, 5.41) is 2.66. The molecule has 1 aliphatic rings. The Balaban J connectivity index is 1.58. The topological polar surface area (TPSA) is 72.5 Å². The molecule has 0 saturated heterocycles. The molecule has 2 aromatic carbocycles. The predicted octanol–water partition coefficient (Wildman–Crippen LogP) is 3.49. The molecule has 140 valence electrons. The minimum atomic E-state index is -0.952. The van der Waals surface area contributed by atoms with Crippen molar-refractivity contribution in [2.24, 2.45) is 0 Å². The van der Waals surface area contributed by atoms with Crippen molar-refractivity contribution < 1.29 is 19.1 Å². The highest BCUT2D eigenvalue weighted by atomic mass is 16.5. The van der Waals surface area contributed by atoms with Gasteiger partial charge in [0.25, 0.3) is 5.91 Å². The van der Waals surface area contributed by atoms with E-state index < -0.39 is 18.0 Å². The SMILES string of the molecule is CC(=O)c1ccccc1NC(=O)[C@@H](C)OC(=O)Cc1ccc2c(c1)CCC2. The molecule has 5 nitrogen and oxygen atoms in total. The van der Waals surface area contributed by atoms with E-state index in [1.54, 1.807) is 24.3 Å². The Kier molecular flexibility index (Phi) is 5.69. The normalized spacial score (nSPS) is 13.6. The highest BCUT2D eigenvalue weighted by molar-refractivity contribution is 6.04. The molecular weight excluding hydrogens is 342 g/mol. The fraction of sp³-hybridized carbons (Fsp3) is 0.318. The number of ketones is 1. The maximum absolute atomic E-state index is 12.3. The third-order valence-electron chi connectivity index (χ3n) is 4.75. The first-order chi connectivity index (χ1) is 12.9. The molecule has 0 fully saturated rings. The molecule has 5 heteroatoms. The molecule has 0 bridgehead atoms. The summed E-state index contributed by atoms with van der Waals surface area (Å²) in [4.78, 5) is 36.2. The number of esters is 1.